The maximum atomic E-state index is 5.49. The number of hydrogen-bond acceptors (Lipinski definition) is 4. The fraction of sp³-hybridized carbons (Fsp3) is 0.429. The monoisotopic (exact) mass is 376 g/mol. The molecule has 2 aromatic carbocycles. The van der Waals surface area contributed by atoms with Gasteiger partial charge in [0.25, 0.3) is 0 Å². The number of nitrogens with zero attached hydrogens (tertiary/aromatic N) is 1. The van der Waals surface area contributed by atoms with Crippen LogP contribution in [0.5, 0.6) is 11.5 Å². The summed E-state index contributed by atoms with van der Waals surface area (Å²) in [5.41, 5.74) is 5.27. The zero-order valence-corrected chi connectivity index (χ0v) is 16.9. The second kappa shape index (κ2) is 9.15. The Morgan fingerprint density at radius 3 is 2.35 bits per heavy atom. The van der Waals surface area contributed by atoms with E-state index < -0.39 is 0 Å². The second-order valence-electron chi connectivity index (χ2n) is 6.56. The summed E-state index contributed by atoms with van der Waals surface area (Å²) in [7, 11) is 5.34. The maximum absolute atomic E-state index is 5.49. The van der Waals surface area contributed by atoms with Crippen LogP contribution in [-0.4, -0.2) is 39.3 Å². The van der Waals surface area contributed by atoms with Gasteiger partial charge < -0.3 is 14.8 Å². The van der Waals surface area contributed by atoms with Crippen molar-refractivity contribution in [3.8, 4) is 11.5 Å². The van der Waals surface area contributed by atoms with Crippen LogP contribution in [0.1, 0.15) is 29.7 Å². The van der Waals surface area contributed by atoms with E-state index in [4.69, 9.17) is 9.47 Å². The van der Waals surface area contributed by atoms with E-state index in [0.29, 0.717) is 6.04 Å². The van der Waals surface area contributed by atoms with Crippen molar-refractivity contribution in [2.75, 3.05) is 39.7 Å². The maximum Gasteiger partial charge on any atom is 0.161 e. The minimum atomic E-state index is 0. The standard InChI is InChI=1S/C21H28N2O2.ClH/c1-15-19-14-21(25-4)20(24-3)13-17(19)10-12-23(15)11-9-16-5-7-18(22-2)8-6-16;/h5-8,13-15,22H,9-12H2,1-4H3;1H. The predicted molar refractivity (Wildman–Crippen MR) is 110 cm³/mol. The van der Waals surface area contributed by atoms with Crippen LogP contribution >= 0.6 is 12.4 Å². The number of halogens is 1. The minimum absolute atomic E-state index is 0. The zero-order valence-electron chi connectivity index (χ0n) is 16.0. The molecular weight excluding hydrogens is 348 g/mol. The molecule has 0 fully saturated rings. The molecule has 0 saturated heterocycles. The number of fused-ring (bicyclic) bond motifs is 1. The van der Waals surface area contributed by atoms with Gasteiger partial charge in [-0.3, -0.25) is 4.90 Å². The molecule has 0 aliphatic carbocycles. The molecule has 1 unspecified atom stereocenters. The largest absolute Gasteiger partial charge is 0.493 e. The van der Waals surface area contributed by atoms with Crippen LogP contribution in [0, 0.1) is 0 Å². The molecular formula is C21H29ClN2O2. The first-order chi connectivity index (χ1) is 12.2. The summed E-state index contributed by atoms with van der Waals surface area (Å²) >= 11 is 0. The van der Waals surface area contributed by atoms with Crippen LogP contribution in [0.2, 0.25) is 0 Å². The molecule has 0 radical (unpaired) electrons. The zero-order chi connectivity index (χ0) is 17.8. The van der Waals surface area contributed by atoms with Gasteiger partial charge in [0, 0.05) is 31.9 Å². The Kier molecular flexibility index (Phi) is 7.18. The second-order valence-corrected chi connectivity index (χ2v) is 6.56. The Bertz CT molecular complexity index is 719. The summed E-state index contributed by atoms with van der Waals surface area (Å²) in [6.07, 6.45) is 2.12. The van der Waals surface area contributed by atoms with Crippen LogP contribution in [0.3, 0.4) is 0 Å². The van der Waals surface area contributed by atoms with Crippen molar-refractivity contribution in [2.24, 2.45) is 0 Å². The highest BCUT2D eigenvalue weighted by Gasteiger charge is 2.25. The van der Waals surface area contributed by atoms with Crippen molar-refractivity contribution in [3.63, 3.8) is 0 Å². The molecule has 3 rings (SSSR count). The van der Waals surface area contributed by atoms with Gasteiger partial charge in [0.15, 0.2) is 11.5 Å². The smallest absolute Gasteiger partial charge is 0.161 e. The molecule has 0 spiro atoms. The number of anilines is 1. The molecule has 0 bridgehead atoms. The molecule has 0 saturated carbocycles. The van der Waals surface area contributed by atoms with Crippen LogP contribution < -0.4 is 14.8 Å². The lowest BCUT2D eigenvalue weighted by Crippen LogP contribution is -2.35. The van der Waals surface area contributed by atoms with Gasteiger partial charge in [0.05, 0.1) is 14.2 Å². The molecule has 1 heterocycles. The SMILES string of the molecule is CNc1ccc(CCN2CCc3cc(OC)c(OC)cc3C2C)cc1.Cl. The van der Waals surface area contributed by atoms with Crippen LogP contribution in [0.25, 0.3) is 0 Å². The van der Waals surface area contributed by atoms with E-state index in [-0.39, 0.29) is 12.4 Å². The minimum Gasteiger partial charge on any atom is -0.493 e. The Morgan fingerprint density at radius 1 is 1.08 bits per heavy atom. The van der Waals surface area contributed by atoms with Crippen molar-refractivity contribution in [1.29, 1.82) is 0 Å². The molecule has 0 aromatic heterocycles. The lowest BCUT2D eigenvalue weighted by Gasteiger charge is -2.35. The van der Waals surface area contributed by atoms with E-state index in [1.165, 1.54) is 16.7 Å². The van der Waals surface area contributed by atoms with Crippen LogP contribution in [0.15, 0.2) is 36.4 Å². The number of benzene rings is 2. The highest BCUT2D eigenvalue weighted by atomic mass is 35.5. The molecule has 1 N–H and O–H groups in total. The Hall–Kier alpha value is -1.91. The summed E-state index contributed by atoms with van der Waals surface area (Å²) in [4.78, 5) is 2.56. The molecule has 4 nitrogen and oxygen atoms in total. The first kappa shape index (κ1) is 20.4. The number of hydrogen-bond donors (Lipinski definition) is 1. The van der Waals surface area contributed by atoms with Gasteiger partial charge in [0.2, 0.25) is 0 Å². The third kappa shape index (κ3) is 4.25. The molecule has 2 aromatic rings. The third-order valence-corrected chi connectivity index (χ3v) is 5.24. The van der Waals surface area contributed by atoms with Gasteiger partial charge in [-0.1, -0.05) is 12.1 Å². The van der Waals surface area contributed by atoms with Gasteiger partial charge >= 0.3 is 0 Å². The van der Waals surface area contributed by atoms with Crippen molar-refractivity contribution in [1.82, 2.24) is 4.90 Å². The van der Waals surface area contributed by atoms with Gasteiger partial charge in [-0.15, -0.1) is 12.4 Å². The van der Waals surface area contributed by atoms with Crippen molar-refractivity contribution >= 4 is 18.1 Å². The number of methoxy groups -OCH3 is 2. The first-order valence-electron chi connectivity index (χ1n) is 8.91. The topological polar surface area (TPSA) is 33.7 Å². The van der Waals surface area contributed by atoms with E-state index >= 15 is 0 Å². The normalized spacial score (nSPS) is 16.4. The lowest BCUT2D eigenvalue weighted by molar-refractivity contribution is 0.200. The summed E-state index contributed by atoms with van der Waals surface area (Å²) in [5.74, 6) is 1.64. The van der Waals surface area contributed by atoms with E-state index in [9.17, 15) is 0 Å². The summed E-state index contributed by atoms with van der Waals surface area (Å²) in [6.45, 7) is 4.43. The molecule has 1 aliphatic rings. The van der Waals surface area contributed by atoms with Crippen LogP contribution in [0.4, 0.5) is 5.69 Å². The van der Waals surface area contributed by atoms with Crippen molar-refractivity contribution in [2.45, 2.75) is 25.8 Å². The fourth-order valence-electron chi connectivity index (χ4n) is 3.61. The summed E-state index contributed by atoms with van der Waals surface area (Å²) in [5, 5.41) is 3.17. The summed E-state index contributed by atoms with van der Waals surface area (Å²) in [6, 6.07) is 13.4. The quantitative estimate of drug-likeness (QED) is 0.813. The van der Waals surface area contributed by atoms with E-state index in [1.807, 2.05) is 7.05 Å². The molecule has 26 heavy (non-hydrogen) atoms. The molecule has 5 heteroatoms. The number of nitrogens with one attached hydrogen (secondary N) is 1. The van der Waals surface area contributed by atoms with Gasteiger partial charge in [-0.05, 0) is 60.7 Å². The van der Waals surface area contributed by atoms with Gasteiger partial charge in [-0.2, -0.15) is 0 Å². The Balaban J connectivity index is 0.00000243. The molecule has 1 aliphatic heterocycles. The third-order valence-electron chi connectivity index (χ3n) is 5.24. The highest BCUT2D eigenvalue weighted by molar-refractivity contribution is 5.85. The number of rotatable bonds is 6. The van der Waals surface area contributed by atoms with E-state index in [2.05, 4.69) is 53.5 Å². The molecule has 142 valence electrons. The Labute approximate surface area is 162 Å². The van der Waals surface area contributed by atoms with Gasteiger partial charge in [-0.25, -0.2) is 0 Å². The number of ether oxygens (including phenoxy) is 2. The Morgan fingerprint density at radius 2 is 1.73 bits per heavy atom. The van der Waals surface area contributed by atoms with E-state index in [1.54, 1.807) is 14.2 Å². The van der Waals surface area contributed by atoms with Crippen molar-refractivity contribution < 1.29 is 9.47 Å². The highest BCUT2D eigenvalue weighted by Crippen LogP contribution is 2.37. The van der Waals surface area contributed by atoms with Crippen molar-refractivity contribution in [3.05, 3.63) is 53.1 Å². The molecule has 0 amide bonds. The average molecular weight is 377 g/mol. The lowest BCUT2D eigenvalue weighted by atomic mass is 9.92. The fourth-order valence-corrected chi connectivity index (χ4v) is 3.61. The molecule has 1 atom stereocenters. The van der Waals surface area contributed by atoms with E-state index in [0.717, 1.165) is 43.1 Å². The average Bonchev–Trinajstić information content (AvgIpc) is 2.67. The van der Waals surface area contributed by atoms with Gasteiger partial charge in [0.1, 0.15) is 0 Å². The van der Waals surface area contributed by atoms with Crippen LogP contribution in [-0.2, 0) is 12.8 Å². The first-order valence-corrected chi connectivity index (χ1v) is 8.91. The summed E-state index contributed by atoms with van der Waals surface area (Å²) < 4.78 is 10.9. The predicted octanol–water partition coefficient (Wildman–Crippen LogP) is 4.33.